The van der Waals surface area contributed by atoms with Crippen molar-refractivity contribution >= 4 is 22.5 Å². The molecule has 1 aliphatic carbocycles. The summed E-state index contributed by atoms with van der Waals surface area (Å²) in [7, 11) is 0. The van der Waals surface area contributed by atoms with Crippen molar-refractivity contribution in [3.63, 3.8) is 0 Å². The van der Waals surface area contributed by atoms with E-state index in [1.807, 2.05) is 54.6 Å². The van der Waals surface area contributed by atoms with E-state index in [1.54, 1.807) is 6.92 Å². The number of aromatic amines is 1. The Balaban J connectivity index is 1.32. The summed E-state index contributed by atoms with van der Waals surface area (Å²) in [6.45, 7) is 3.79. The van der Waals surface area contributed by atoms with Crippen molar-refractivity contribution in [3.8, 4) is 34.6 Å². The van der Waals surface area contributed by atoms with E-state index in [0.717, 1.165) is 77.9 Å². The van der Waals surface area contributed by atoms with Gasteiger partial charge in [0, 0.05) is 11.1 Å². The van der Waals surface area contributed by atoms with Crippen molar-refractivity contribution in [1.82, 2.24) is 15.0 Å². The molecule has 3 N–H and O–H groups in total. The summed E-state index contributed by atoms with van der Waals surface area (Å²) in [5.74, 6) is 8.22. The van der Waals surface area contributed by atoms with E-state index in [0.29, 0.717) is 11.7 Å². The first-order valence-corrected chi connectivity index (χ1v) is 12.9. The highest BCUT2D eigenvalue weighted by atomic mass is 16.5. The lowest BCUT2D eigenvalue weighted by atomic mass is 9.68. The second-order valence-electron chi connectivity index (χ2n) is 10.1. The van der Waals surface area contributed by atoms with Gasteiger partial charge in [-0.2, -0.15) is 0 Å². The maximum absolute atomic E-state index is 12.4. The number of nitrogen functional groups attached to an aromatic ring is 1. The predicted octanol–water partition coefficient (Wildman–Crippen LogP) is 6.72. The van der Waals surface area contributed by atoms with Crippen LogP contribution in [0.4, 0.5) is 5.82 Å². The van der Waals surface area contributed by atoms with Crippen LogP contribution in [0.15, 0.2) is 60.9 Å². The van der Waals surface area contributed by atoms with Gasteiger partial charge in [-0.05, 0) is 99.2 Å². The molecule has 1 aliphatic rings. The molecule has 0 saturated heterocycles. The highest BCUT2D eigenvalue weighted by molar-refractivity contribution is 6.02. The number of anilines is 1. The Morgan fingerprint density at radius 2 is 1.78 bits per heavy atom. The van der Waals surface area contributed by atoms with Crippen molar-refractivity contribution in [1.29, 1.82) is 0 Å². The number of carbonyl (C=O) groups excluding carboxylic acids is 1. The van der Waals surface area contributed by atoms with Crippen LogP contribution >= 0.6 is 0 Å². The van der Waals surface area contributed by atoms with Crippen LogP contribution in [0, 0.1) is 23.2 Å². The molecule has 2 heterocycles. The summed E-state index contributed by atoms with van der Waals surface area (Å²) in [5.41, 5.74) is 9.90. The number of benzene rings is 2. The summed E-state index contributed by atoms with van der Waals surface area (Å²) in [4.78, 5) is 24.9. The Labute approximate surface area is 217 Å². The number of H-pyrrole nitrogens is 1. The highest BCUT2D eigenvalue weighted by Gasteiger charge is 2.36. The van der Waals surface area contributed by atoms with Gasteiger partial charge in [-0.25, -0.2) is 9.97 Å². The number of para-hydroxylation sites is 1. The normalized spacial score (nSPS) is 19.2. The van der Waals surface area contributed by atoms with Crippen LogP contribution in [-0.2, 0) is 11.2 Å². The summed E-state index contributed by atoms with van der Waals surface area (Å²) in [5, 5.41) is 0.856. The number of aryl methyl sites for hydroxylation is 1. The topological polar surface area (TPSA) is 93.9 Å². The minimum atomic E-state index is -0.302. The minimum Gasteiger partial charge on any atom is -0.457 e. The number of nitrogens with two attached hydrogens (primary N) is 1. The van der Waals surface area contributed by atoms with Gasteiger partial charge in [0.05, 0.1) is 16.6 Å². The van der Waals surface area contributed by atoms with Crippen LogP contribution in [0.2, 0.25) is 0 Å². The van der Waals surface area contributed by atoms with Crippen molar-refractivity contribution < 1.29 is 9.53 Å². The Kier molecular flexibility index (Phi) is 6.96. The summed E-state index contributed by atoms with van der Waals surface area (Å²) >= 11 is 0. The van der Waals surface area contributed by atoms with E-state index >= 15 is 0 Å². The van der Waals surface area contributed by atoms with Crippen LogP contribution < -0.4 is 10.5 Å². The number of nitrogens with one attached hydrogen (secondary N) is 1. The molecule has 1 saturated carbocycles. The van der Waals surface area contributed by atoms with Gasteiger partial charge in [0.2, 0.25) is 5.78 Å². The first-order valence-electron chi connectivity index (χ1n) is 12.9. The number of aromatic nitrogens is 3. The summed E-state index contributed by atoms with van der Waals surface area (Å²) in [6.07, 6.45) is 7.31. The minimum absolute atomic E-state index is 0.0841. The third kappa shape index (κ3) is 5.22. The Morgan fingerprint density at radius 1 is 1.08 bits per heavy atom. The second-order valence-corrected chi connectivity index (χ2v) is 10.1. The molecule has 0 aliphatic heterocycles. The van der Waals surface area contributed by atoms with Gasteiger partial charge >= 0.3 is 0 Å². The monoisotopic (exact) mass is 492 g/mol. The second kappa shape index (κ2) is 10.5. The molecule has 0 bridgehead atoms. The molecular formula is C31H32N4O2. The highest BCUT2D eigenvalue weighted by Crippen LogP contribution is 2.41. The van der Waals surface area contributed by atoms with Crippen molar-refractivity contribution in [3.05, 3.63) is 66.6 Å². The van der Waals surface area contributed by atoms with Gasteiger partial charge in [-0.3, -0.25) is 4.79 Å². The number of hydrogen-bond donors (Lipinski definition) is 2. The number of rotatable bonds is 7. The average molecular weight is 493 g/mol. The van der Waals surface area contributed by atoms with Crippen LogP contribution in [0.3, 0.4) is 0 Å². The van der Waals surface area contributed by atoms with E-state index in [9.17, 15) is 4.79 Å². The van der Waals surface area contributed by atoms with Crippen LogP contribution in [0.1, 0.15) is 51.6 Å². The maximum Gasteiger partial charge on any atom is 0.211 e. The quantitative estimate of drug-likeness (QED) is 0.221. The summed E-state index contributed by atoms with van der Waals surface area (Å²) in [6, 6.07) is 17.7. The van der Waals surface area contributed by atoms with E-state index in [2.05, 4.69) is 33.7 Å². The van der Waals surface area contributed by atoms with Crippen molar-refractivity contribution in [2.45, 2.75) is 52.4 Å². The maximum atomic E-state index is 12.4. The smallest absolute Gasteiger partial charge is 0.211 e. The first kappa shape index (κ1) is 24.6. The lowest BCUT2D eigenvalue weighted by molar-refractivity contribution is -0.124. The molecule has 6 heteroatoms. The number of fused-ring (bicyclic) bond motifs is 1. The number of carbonyl (C=O) groups is 1. The molecule has 37 heavy (non-hydrogen) atoms. The molecular weight excluding hydrogens is 460 g/mol. The molecule has 4 aromatic rings. The first-order chi connectivity index (χ1) is 18.0. The summed E-state index contributed by atoms with van der Waals surface area (Å²) < 4.78 is 5.95. The molecule has 1 fully saturated rings. The number of ether oxygens (including phenoxy) is 1. The van der Waals surface area contributed by atoms with Crippen LogP contribution in [-0.4, -0.2) is 20.7 Å². The fraction of sp³-hybridized carbons (Fsp3) is 0.323. The third-order valence-corrected chi connectivity index (χ3v) is 7.61. The molecule has 0 radical (unpaired) electrons. The molecule has 0 spiro atoms. The molecule has 5 rings (SSSR count). The van der Waals surface area contributed by atoms with E-state index in [4.69, 9.17) is 10.5 Å². The predicted molar refractivity (Wildman–Crippen MR) is 147 cm³/mol. The number of hydrogen-bond acceptors (Lipinski definition) is 5. The molecule has 0 unspecified atom stereocenters. The lowest BCUT2D eigenvalue weighted by Crippen LogP contribution is -2.32. The lowest BCUT2D eigenvalue weighted by Gasteiger charge is -2.34. The van der Waals surface area contributed by atoms with E-state index in [1.165, 1.54) is 6.33 Å². The number of Topliss-reactive ketones (excluding diaryl/α,β-unsaturated/α-hetero) is 1. The Bertz CT molecular complexity index is 1450. The van der Waals surface area contributed by atoms with Crippen LogP contribution in [0.5, 0.6) is 11.5 Å². The zero-order valence-electron chi connectivity index (χ0n) is 21.4. The average Bonchev–Trinajstić information content (AvgIpc) is 3.29. The standard InChI is InChI=1S/C31H32N4O2/c1-3-7-26(36)31(2)18-16-21(17-19-31)10-15-25-29-27(30(32)34-20-33-29)28(35-25)22-11-13-24(14-12-22)37-23-8-5-4-6-9-23/h4-6,8-9,11-14,20-21,35H,10,15-19H2,1-2H3,(H2,32,33,34). The van der Waals surface area contributed by atoms with Gasteiger partial charge in [-0.15, -0.1) is 0 Å². The molecule has 0 amide bonds. The van der Waals surface area contributed by atoms with Gasteiger partial charge < -0.3 is 15.5 Å². The number of ketones is 1. The Hall–Kier alpha value is -4.11. The molecule has 2 aromatic heterocycles. The zero-order valence-corrected chi connectivity index (χ0v) is 21.4. The Morgan fingerprint density at radius 3 is 2.49 bits per heavy atom. The third-order valence-electron chi connectivity index (χ3n) is 7.61. The van der Waals surface area contributed by atoms with Gasteiger partial charge in [-0.1, -0.05) is 31.0 Å². The van der Waals surface area contributed by atoms with E-state index < -0.39 is 0 Å². The SMILES string of the molecule is CC#CC(=O)C1(C)CCC(CCc2[nH]c(-c3ccc(Oc4ccccc4)cc3)c3c(N)ncnc23)CC1. The van der Waals surface area contributed by atoms with Gasteiger partial charge in [0.15, 0.2) is 0 Å². The molecule has 6 nitrogen and oxygen atoms in total. The fourth-order valence-corrected chi connectivity index (χ4v) is 5.30. The van der Waals surface area contributed by atoms with Gasteiger partial charge in [0.1, 0.15) is 23.6 Å². The van der Waals surface area contributed by atoms with Gasteiger partial charge in [0.25, 0.3) is 0 Å². The van der Waals surface area contributed by atoms with Crippen molar-refractivity contribution in [2.24, 2.45) is 11.3 Å². The van der Waals surface area contributed by atoms with Crippen molar-refractivity contribution in [2.75, 3.05) is 5.73 Å². The van der Waals surface area contributed by atoms with Crippen LogP contribution in [0.25, 0.3) is 22.2 Å². The molecule has 2 aromatic carbocycles. The molecule has 0 atom stereocenters. The molecule has 188 valence electrons. The number of nitrogens with zero attached hydrogens (tertiary/aromatic N) is 2. The fourth-order valence-electron chi connectivity index (χ4n) is 5.30. The zero-order chi connectivity index (χ0) is 25.8. The largest absolute Gasteiger partial charge is 0.457 e. The van der Waals surface area contributed by atoms with E-state index in [-0.39, 0.29) is 11.2 Å².